The Labute approximate surface area is 60.2 Å². The van der Waals surface area contributed by atoms with E-state index in [9.17, 15) is 26.3 Å². The number of hydrogen-bond donors (Lipinski definition) is 0. The van der Waals surface area contributed by atoms with Gasteiger partial charge in [0, 0.05) is 13.3 Å². The molecule has 0 unspecified atom stereocenters. The van der Waals surface area contributed by atoms with Gasteiger partial charge in [-0.2, -0.15) is 26.3 Å². The first-order valence-electron chi connectivity index (χ1n) is 2.69. The molecule has 0 bridgehead atoms. The lowest BCUT2D eigenvalue weighted by atomic mass is 10.5. The summed E-state index contributed by atoms with van der Waals surface area (Å²) in [5.74, 6) is 0. The van der Waals surface area contributed by atoms with Gasteiger partial charge in [0.2, 0.25) is 0 Å². The second-order valence-corrected chi connectivity index (χ2v) is 1.75. The Morgan fingerprint density at radius 3 is 1.00 bits per heavy atom. The maximum absolute atomic E-state index is 10.8. The Balaban J connectivity index is 0. The number of hydrogen-bond acceptors (Lipinski definition) is 0. The molecule has 0 aliphatic heterocycles. The van der Waals surface area contributed by atoms with E-state index in [4.69, 9.17) is 0 Å². The molecule has 0 nitrogen and oxygen atoms in total. The predicted octanol–water partition coefficient (Wildman–Crippen LogP) is 3.53. The molecule has 0 spiro atoms. The van der Waals surface area contributed by atoms with Crippen molar-refractivity contribution in [1.82, 2.24) is 0 Å². The Morgan fingerprint density at radius 1 is 0.909 bits per heavy atom. The Morgan fingerprint density at radius 2 is 1.00 bits per heavy atom. The summed E-state index contributed by atoms with van der Waals surface area (Å²) in [6.07, 6.45) is -8.69. The summed E-state index contributed by atoms with van der Waals surface area (Å²) in [7, 11) is 0. The van der Waals surface area contributed by atoms with Gasteiger partial charge in [-0.15, -0.1) is 0 Å². The minimum absolute atomic E-state index is 0.188. The van der Waals surface area contributed by atoms with Gasteiger partial charge in [0.05, 0.1) is 0 Å². The summed E-state index contributed by atoms with van der Waals surface area (Å²) >= 11 is 0. The van der Waals surface area contributed by atoms with E-state index in [1.165, 1.54) is 0 Å². The molecule has 70 valence electrons. The Bertz CT molecular complexity index is 82.1. The fourth-order valence-corrected chi connectivity index (χ4v) is 0. The molecule has 0 rings (SSSR count). The van der Waals surface area contributed by atoms with Gasteiger partial charge in [0.25, 0.3) is 0 Å². The first kappa shape index (κ1) is 13.2. The van der Waals surface area contributed by atoms with Crippen LogP contribution in [-0.4, -0.2) is 12.4 Å². The molecule has 0 aliphatic rings. The van der Waals surface area contributed by atoms with Crippen LogP contribution in [0.15, 0.2) is 0 Å². The number of alkyl halides is 6. The lowest BCUT2D eigenvalue weighted by Gasteiger charge is -1.96. The first-order chi connectivity index (χ1) is 4.56. The molecule has 0 aliphatic carbocycles. The van der Waals surface area contributed by atoms with Crippen LogP contribution in [0.4, 0.5) is 26.3 Å². The van der Waals surface area contributed by atoms with Gasteiger partial charge in [-0.3, -0.25) is 0 Å². The highest BCUT2D eigenvalue weighted by Crippen LogP contribution is 2.17. The smallest absolute Gasteiger partial charge is 0.172 e. The summed E-state index contributed by atoms with van der Waals surface area (Å²) in [5.41, 5.74) is 0. The third-order valence-electron chi connectivity index (χ3n) is 0.401. The third kappa shape index (κ3) is 82.7. The van der Waals surface area contributed by atoms with Crippen LogP contribution in [0.1, 0.15) is 20.3 Å². The van der Waals surface area contributed by atoms with E-state index in [1.54, 1.807) is 0 Å². The van der Waals surface area contributed by atoms with Crippen molar-refractivity contribution in [2.45, 2.75) is 32.6 Å². The molecule has 0 amide bonds. The van der Waals surface area contributed by atoms with Gasteiger partial charge in [-0.1, -0.05) is 6.92 Å². The number of halogens is 6. The minimum atomic E-state index is -4.00. The second kappa shape index (κ2) is 4.46. The van der Waals surface area contributed by atoms with Crippen LogP contribution in [0.5, 0.6) is 0 Å². The average molecular weight is 182 g/mol. The van der Waals surface area contributed by atoms with Gasteiger partial charge in [0.15, 0.2) is 0 Å². The first-order valence-corrected chi connectivity index (χ1v) is 2.69. The van der Waals surface area contributed by atoms with E-state index in [0.717, 1.165) is 6.92 Å². The standard InChI is InChI=1S/C3H5F3.C2H3F3/c1-2-3(4,5)6;1-2(3,4)5/h2H2,1H3;1H3. The summed E-state index contributed by atoms with van der Waals surface area (Å²) in [4.78, 5) is 0. The van der Waals surface area contributed by atoms with Crippen LogP contribution in [0.3, 0.4) is 0 Å². The zero-order chi connectivity index (χ0) is 9.71. The van der Waals surface area contributed by atoms with Crippen molar-refractivity contribution in [2.24, 2.45) is 0 Å². The van der Waals surface area contributed by atoms with Crippen LogP contribution >= 0.6 is 0 Å². The molecule has 0 fully saturated rings. The largest absolute Gasteiger partial charge is 0.388 e. The lowest BCUT2D eigenvalue weighted by molar-refractivity contribution is -0.130. The van der Waals surface area contributed by atoms with Gasteiger partial charge in [-0.05, 0) is 0 Å². The Kier molecular flexibility index (Phi) is 5.34. The molecule has 11 heavy (non-hydrogen) atoms. The average Bonchev–Trinajstić information content (AvgIpc) is 1.59. The summed E-state index contributed by atoms with van der Waals surface area (Å²) in [5, 5.41) is 0. The van der Waals surface area contributed by atoms with E-state index in [0.29, 0.717) is 0 Å². The highest BCUT2D eigenvalue weighted by atomic mass is 19.4. The van der Waals surface area contributed by atoms with Crippen molar-refractivity contribution in [2.75, 3.05) is 0 Å². The number of rotatable bonds is 0. The maximum atomic E-state index is 10.8. The second-order valence-electron chi connectivity index (χ2n) is 1.75. The molecular weight excluding hydrogens is 174 g/mol. The fourth-order valence-electron chi connectivity index (χ4n) is 0. The normalized spacial score (nSPS) is 12.0. The molecule has 6 heteroatoms. The topological polar surface area (TPSA) is 0 Å². The van der Waals surface area contributed by atoms with E-state index in [2.05, 4.69) is 0 Å². The van der Waals surface area contributed by atoms with E-state index >= 15 is 0 Å². The summed E-state index contributed by atoms with van der Waals surface area (Å²) < 4.78 is 63.4. The van der Waals surface area contributed by atoms with Gasteiger partial charge < -0.3 is 0 Å². The van der Waals surface area contributed by atoms with Gasteiger partial charge in [0.1, 0.15) is 0 Å². The molecule has 0 aromatic heterocycles. The van der Waals surface area contributed by atoms with Crippen molar-refractivity contribution < 1.29 is 26.3 Å². The SMILES string of the molecule is CC(F)(F)F.CCC(F)(F)F. The van der Waals surface area contributed by atoms with Gasteiger partial charge >= 0.3 is 12.4 Å². The molecule has 0 heterocycles. The molecule has 0 aromatic carbocycles. The third-order valence-corrected chi connectivity index (χ3v) is 0.401. The van der Waals surface area contributed by atoms with Crippen molar-refractivity contribution in [3.63, 3.8) is 0 Å². The van der Waals surface area contributed by atoms with Gasteiger partial charge in [-0.25, -0.2) is 0 Å². The van der Waals surface area contributed by atoms with Crippen molar-refractivity contribution in [1.29, 1.82) is 0 Å². The molecule has 0 aromatic rings. The predicted molar refractivity (Wildman–Crippen MR) is 28.1 cm³/mol. The quantitative estimate of drug-likeness (QED) is 0.502. The maximum Gasteiger partial charge on any atom is 0.388 e. The zero-order valence-electron chi connectivity index (χ0n) is 5.97. The van der Waals surface area contributed by atoms with Crippen LogP contribution in [0.2, 0.25) is 0 Å². The van der Waals surface area contributed by atoms with E-state index < -0.39 is 18.8 Å². The van der Waals surface area contributed by atoms with Crippen LogP contribution in [-0.2, 0) is 0 Å². The highest BCUT2D eigenvalue weighted by Gasteiger charge is 2.22. The van der Waals surface area contributed by atoms with Crippen LogP contribution in [0.25, 0.3) is 0 Å². The van der Waals surface area contributed by atoms with Crippen molar-refractivity contribution >= 4 is 0 Å². The highest BCUT2D eigenvalue weighted by molar-refractivity contribution is 4.39. The fraction of sp³-hybridized carbons (Fsp3) is 1.00. The Hall–Kier alpha value is -0.420. The van der Waals surface area contributed by atoms with Crippen molar-refractivity contribution in [3.8, 4) is 0 Å². The minimum Gasteiger partial charge on any atom is -0.172 e. The van der Waals surface area contributed by atoms with Crippen molar-refractivity contribution in [3.05, 3.63) is 0 Å². The monoisotopic (exact) mass is 182 g/mol. The molecule has 0 atom stereocenters. The molecule has 0 radical (unpaired) electrons. The summed E-state index contributed by atoms with van der Waals surface area (Å²) in [6, 6.07) is 0. The molecule has 0 N–H and O–H groups in total. The van der Waals surface area contributed by atoms with Crippen LogP contribution in [0, 0.1) is 0 Å². The molecule has 0 saturated carbocycles. The van der Waals surface area contributed by atoms with Crippen LogP contribution < -0.4 is 0 Å². The molecule has 0 saturated heterocycles. The zero-order valence-corrected chi connectivity index (χ0v) is 5.97. The van der Waals surface area contributed by atoms with E-state index in [1.807, 2.05) is 0 Å². The van der Waals surface area contributed by atoms with E-state index in [-0.39, 0.29) is 6.92 Å². The molecular formula is C5H8F6. The summed E-state index contributed by atoms with van der Waals surface area (Å²) in [6.45, 7) is 1.27. The lowest BCUT2D eigenvalue weighted by Crippen LogP contribution is -2.02.